The summed E-state index contributed by atoms with van der Waals surface area (Å²) in [5, 5.41) is 14.4. The maximum absolute atomic E-state index is 13.0. The first-order valence-electron chi connectivity index (χ1n) is 15.0. The third-order valence-corrected chi connectivity index (χ3v) is 12.8. The molecule has 2 saturated carbocycles. The fourth-order valence-corrected chi connectivity index (χ4v) is 10.4. The van der Waals surface area contributed by atoms with Crippen LogP contribution in [0.5, 0.6) is 0 Å². The summed E-state index contributed by atoms with van der Waals surface area (Å²) in [5.41, 5.74) is 1.04. The van der Waals surface area contributed by atoms with Gasteiger partial charge in [0.05, 0.1) is 23.4 Å². The zero-order valence-corrected chi connectivity index (χ0v) is 23.9. The van der Waals surface area contributed by atoms with Crippen LogP contribution in [0.15, 0.2) is 24.3 Å². The molecule has 1 aromatic carbocycles. The molecule has 2 N–H and O–H groups in total. The van der Waals surface area contributed by atoms with Crippen LogP contribution in [0.1, 0.15) is 78.5 Å². The fraction of sp³-hybridized carbons (Fsp3) is 0.750. The SMILES string of the molecule is CC1(C)OC1CC1OC2C(OC3CCC4(C)C5(C)c6[nH]c7ccccc7c6CC5CC4(O)C34OC24)C(C)(C)O1. The number of fused-ring (bicyclic) bond motifs is 9. The number of H-pyrrole nitrogens is 1. The van der Waals surface area contributed by atoms with Crippen LogP contribution in [-0.4, -0.2) is 69.3 Å². The van der Waals surface area contributed by atoms with Crippen LogP contribution in [0.25, 0.3) is 10.9 Å². The summed E-state index contributed by atoms with van der Waals surface area (Å²) in [4.78, 5) is 3.82. The summed E-state index contributed by atoms with van der Waals surface area (Å²) in [6.45, 7) is 13.2. The van der Waals surface area contributed by atoms with Crippen LogP contribution in [0.3, 0.4) is 0 Å². The van der Waals surface area contributed by atoms with Crippen molar-refractivity contribution in [2.75, 3.05) is 0 Å². The highest BCUT2D eigenvalue weighted by molar-refractivity contribution is 5.86. The van der Waals surface area contributed by atoms with Crippen molar-refractivity contribution in [1.82, 2.24) is 4.98 Å². The normalized spacial score (nSPS) is 53.3. The van der Waals surface area contributed by atoms with Crippen molar-refractivity contribution >= 4 is 10.9 Å². The molecule has 1 spiro atoms. The van der Waals surface area contributed by atoms with Gasteiger partial charge in [0.2, 0.25) is 0 Å². The van der Waals surface area contributed by atoms with Crippen molar-refractivity contribution in [2.24, 2.45) is 11.3 Å². The van der Waals surface area contributed by atoms with Crippen LogP contribution in [0, 0.1) is 11.3 Å². The van der Waals surface area contributed by atoms with Gasteiger partial charge in [-0.25, -0.2) is 0 Å². The van der Waals surface area contributed by atoms with Crippen LogP contribution in [0.2, 0.25) is 0 Å². The van der Waals surface area contributed by atoms with Gasteiger partial charge in [-0.05, 0) is 70.9 Å². The van der Waals surface area contributed by atoms with Gasteiger partial charge in [-0.2, -0.15) is 0 Å². The molecular weight excluding hydrogens is 494 g/mol. The first-order chi connectivity index (χ1) is 18.4. The molecule has 11 unspecified atom stereocenters. The first-order valence-corrected chi connectivity index (χ1v) is 15.0. The van der Waals surface area contributed by atoms with E-state index in [4.69, 9.17) is 23.7 Å². The second-order valence-corrected chi connectivity index (χ2v) is 15.1. The number of aromatic amines is 1. The molecule has 4 aliphatic heterocycles. The zero-order valence-electron chi connectivity index (χ0n) is 23.9. The third-order valence-electron chi connectivity index (χ3n) is 12.8. The summed E-state index contributed by atoms with van der Waals surface area (Å²) < 4.78 is 32.6. The number of aromatic nitrogens is 1. The number of epoxide rings is 2. The molecule has 7 nitrogen and oxygen atoms in total. The van der Waals surface area contributed by atoms with Crippen molar-refractivity contribution in [2.45, 2.75) is 138 Å². The highest BCUT2D eigenvalue weighted by atomic mass is 16.8. The maximum Gasteiger partial charge on any atom is 0.161 e. The lowest BCUT2D eigenvalue weighted by molar-refractivity contribution is -0.350. The van der Waals surface area contributed by atoms with E-state index < -0.39 is 16.8 Å². The van der Waals surface area contributed by atoms with E-state index in [1.165, 1.54) is 22.2 Å². The van der Waals surface area contributed by atoms with Crippen LogP contribution in [0.4, 0.5) is 0 Å². The Morgan fingerprint density at radius 1 is 0.949 bits per heavy atom. The number of rotatable bonds is 2. The van der Waals surface area contributed by atoms with E-state index >= 15 is 0 Å². The minimum absolute atomic E-state index is 0.127. The van der Waals surface area contributed by atoms with E-state index in [9.17, 15) is 5.11 Å². The lowest BCUT2D eigenvalue weighted by Crippen LogP contribution is -2.73. The molecule has 4 saturated heterocycles. The molecule has 0 bridgehead atoms. The molecule has 1 aromatic heterocycles. The molecular formula is C32H41NO6. The van der Waals surface area contributed by atoms with Gasteiger partial charge >= 0.3 is 0 Å². The Balaban J connectivity index is 1.09. The Morgan fingerprint density at radius 3 is 2.49 bits per heavy atom. The lowest BCUT2D eigenvalue weighted by atomic mass is 9.50. The van der Waals surface area contributed by atoms with Gasteiger partial charge in [0.15, 0.2) is 11.9 Å². The Kier molecular flexibility index (Phi) is 4.19. The molecule has 9 rings (SSSR count). The summed E-state index contributed by atoms with van der Waals surface area (Å²) in [6, 6.07) is 8.64. The highest BCUT2D eigenvalue weighted by Gasteiger charge is 2.89. The van der Waals surface area contributed by atoms with Gasteiger partial charge < -0.3 is 33.8 Å². The molecule has 3 aliphatic carbocycles. The quantitative estimate of drug-likeness (QED) is 0.550. The third kappa shape index (κ3) is 2.55. The van der Waals surface area contributed by atoms with Crippen LogP contribution in [-0.2, 0) is 35.5 Å². The maximum atomic E-state index is 13.0. The van der Waals surface area contributed by atoms with E-state index in [2.05, 4.69) is 70.8 Å². The summed E-state index contributed by atoms with van der Waals surface area (Å²) >= 11 is 0. The van der Waals surface area contributed by atoms with Crippen molar-refractivity contribution in [3.05, 3.63) is 35.5 Å². The standard InChI is InChI=1S/C32H41NO6/c1-27(2)21(37-27)14-22-36-23-25(28(3,4)38-22)35-20-11-12-29(5)30(6)16(15-31(29,34)32(20)26(23)39-32)13-18-17-9-7-8-10-19(17)33-24(18)30/h7-10,16,20-23,25-26,33-34H,11-15H2,1-6H3. The number of aliphatic hydroxyl groups is 1. The molecule has 0 radical (unpaired) electrons. The molecule has 5 heterocycles. The molecule has 6 fully saturated rings. The van der Waals surface area contributed by atoms with E-state index in [1.807, 2.05) is 0 Å². The van der Waals surface area contributed by atoms with Gasteiger partial charge in [-0.1, -0.05) is 32.0 Å². The van der Waals surface area contributed by atoms with Crippen molar-refractivity contribution in [3.8, 4) is 0 Å². The largest absolute Gasteiger partial charge is 0.386 e. The number of nitrogens with one attached hydrogen (secondary N) is 1. The fourth-order valence-electron chi connectivity index (χ4n) is 10.4. The lowest BCUT2D eigenvalue weighted by Gasteiger charge is -2.59. The number of ether oxygens (including phenoxy) is 5. The Hall–Kier alpha value is -1.48. The van der Waals surface area contributed by atoms with Crippen molar-refractivity contribution < 1.29 is 28.8 Å². The minimum atomic E-state index is -1.00. The topological polar surface area (TPSA) is 88.8 Å². The summed E-state index contributed by atoms with van der Waals surface area (Å²) in [7, 11) is 0. The average molecular weight is 536 g/mol. The average Bonchev–Trinajstić information content (AvgIpc) is 3.66. The van der Waals surface area contributed by atoms with Gasteiger partial charge in [-0.15, -0.1) is 0 Å². The van der Waals surface area contributed by atoms with Crippen molar-refractivity contribution in [3.63, 3.8) is 0 Å². The molecule has 7 heteroatoms. The van der Waals surface area contributed by atoms with E-state index in [0.717, 1.165) is 25.7 Å². The Morgan fingerprint density at radius 2 is 1.72 bits per heavy atom. The van der Waals surface area contributed by atoms with Crippen LogP contribution >= 0.6 is 0 Å². The number of benzene rings is 1. The van der Waals surface area contributed by atoms with Crippen molar-refractivity contribution in [1.29, 1.82) is 0 Å². The number of para-hydroxylation sites is 1. The minimum Gasteiger partial charge on any atom is -0.386 e. The van der Waals surface area contributed by atoms with E-state index in [0.29, 0.717) is 12.3 Å². The van der Waals surface area contributed by atoms with Gasteiger partial charge in [0.1, 0.15) is 23.9 Å². The van der Waals surface area contributed by atoms with E-state index in [1.54, 1.807) is 0 Å². The molecule has 11 atom stereocenters. The predicted octanol–water partition coefficient (Wildman–Crippen LogP) is 4.53. The number of hydrogen-bond acceptors (Lipinski definition) is 6. The zero-order chi connectivity index (χ0) is 27.0. The molecule has 39 heavy (non-hydrogen) atoms. The molecule has 7 aliphatic rings. The Labute approximate surface area is 229 Å². The van der Waals surface area contributed by atoms with Gasteiger partial charge in [-0.3, -0.25) is 0 Å². The predicted molar refractivity (Wildman–Crippen MR) is 143 cm³/mol. The summed E-state index contributed by atoms with van der Waals surface area (Å²) in [5.74, 6) is 0.350. The smallest absolute Gasteiger partial charge is 0.161 e. The van der Waals surface area contributed by atoms with Gasteiger partial charge in [0, 0.05) is 33.8 Å². The second-order valence-electron chi connectivity index (χ2n) is 15.1. The Bertz CT molecular complexity index is 1420. The molecule has 0 amide bonds. The van der Waals surface area contributed by atoms with E-state index in [-0.39, 0.29) is 53.2 Å². The summed E-state index contributed by atoms with van der Waals surface area (Å²) in [6.07, 6.45) is 3.02. The second kappa shape index (κ2) is 6.77. The van der Waals surface area contributed by atoms with Gasteiger partial charge in [0.25, 0.3) is 0 Å². The van der Waals surface area contributed by atoms with Crippen LogP contribution < -0.4 is 0 Å². The number of hydrogen-bond donors (Lipinski definition) is 2. The first kappa shape index (κ1) is 24.2. The monoisotopic (exact) mass is 535 g/mol. The molecule has 2 aromatic rings. The molecule has 210 valence electrons. The highest BCUT2D eigenvalue weighted by Crippen LogP contribution is 2.77.